The molecule has 0 unspecified atom stereocenters. The Kier molecular flexibility index (Phi) is 5.63. The first kappa shape index (κ1) is 17.3. The monoisotopic (exact) mass is 329 g/mol. The van der Waals surface area contributed by atoms with Crippen molar-refractivity contribution in [2.24, 2.45) is 0 Å². The zero-order chi connectivity index (χ0) is 17.0. The molecule has 1 saturated heterocycles. The van der Waals surface area contributed by atoms with Gasteiger partial charge in [0.1, 0.15) is 0 Å². The molecule has 1 atom stereocenters. The van der Waals surface area contributed by atoms with Gasteiger partial charge in [-0.05, 0) is 31.7 Å². The molecule has 0 radical (unpaired) electrons. The number of carboxylic acids is 1. The average Bonchev–Trinajstić information content (AvgIpc) is 2.53. The molecule has 0 saturated carbocycles. The van der Waals surface area contributed by atoms with Gasteiger partial charge in [-0.3, -0.25) is 9.59 Å². The molecule has 23 heavy (non-hydrogen) atoms. The van der Waals surface area contributed by atoms with Crippen LogP contribution in [0.5, 0.6) is 0 Å². The van der Waals surface area contributed by atoms with Crippen molar-refractivity contribution in [2.45, 2.75) is 44.6 Å². The van der Waals surface area contributed by atoms with Crippen LogP contribution in [0, 0.1) is 17.5 Å². The number of nitrogens with zero attached hydrogens (tertiary/aromatic N) is 1. The summed E-state index contributed by atoms with van der Waals surface area (Å²) in [6, 6.07) is 1.64. The third kappa shape index (κ3) is 4.24. The van der Waals surface area contributed by atoms with Gasteiger partial charge >= 0.3 is 5.97 Å². The summed E-state index contributed by atoms with van der Waals surface area (Å²) in [5.41, 5.74) is -0.198. The van der Waals surface area contributed by atoms with Crippen LogP contribution in [-0.4, -0.2) is 34.5 Å². The van der Waals surface area contributed by atoms with Crippen LogP contribution >= 0.6 is 0 Å². The summed E-state index contributed by atoms with van der Waals surface area (Å²) in [5.74, 6) is -5.57. The normalized spacial score (nSPS) is 18.0. The second-order valence-electron chi connectivity index (χ2n) is 5.68. The summed E-state index contributed by atoms with van der Waals surface area (Å²) in [5, 5.41) is 8.77. The minimum atomic E-state index is -1.59. The number of piperidine rings is 1. The van der Waals surface area contributed by atoms with Gasteiger partial charge < -0.3 is 10.0 Å². The Balaban J connectivity index is 2.08. The summed E-state index contributed by atoms with van der Waals surface area (Å²) < 4.78 is 39.8. The van der Waals surface area contributed by atoms with Crippen molar-refractivity contribution >= 4 is 11.9 Å². The SMILES string of the molecule is O=C(O)CC[C@@H]1CCCCN1C(=O)Cc1ccc(F)c(F)c1F. The lowest BCUT2D eigenvalue weighted by Gasteiger charge is -2.35. The van der Waals surface area contributed by atoms with Crippen molar-refractivity contribution in [3.8, 4) is 0 Å². The molecule has 1 fully saturated rings. The van der Waals surface area contributed by atoms with Gasteiger partial charge in [0.15, 0.2) is 17.5 Å². The number of halogens is 3. The summed E-state index contributed by atoms with van der Waals surface area (Å²) in [7, 11) is 0. The Morgan fingerprint density at radius 3 is 2.61 bits per heavy atom. The van der Waals surface area contributed by atoms with E-state index in [0.29, 0.717) is 19.4 Å². The summed E-state index contributed by atoms with van der Waals surface area (Å²) in [4.78, 5) is 24.6. The topological polar surface area (TPSA) is 57.6 Å². The fourth-order valence-electron chi connectivity index (χ4n) is 2.89. The molecule has 4 nitrogen and oxygen atoms in total. The molecule has 7 heteroatoms. The quantitative estimate of drug-likeness (QED) is 0.845. The fourth-order valence-corrected chi connectivity index (χ4v) is 2.89. The zero-order valence-electron chi connectivity index (χ0n) is 12.5. The van der Waals surface area contributed by atoms with Crippen LogP contribution < -0.4 is 0 Å². The standard InChI is InChI=1S/C16H18F3NO3/c17-12-6-4-10(15(18)16(12)19)9-13(21)20-8-2-1-3-11(20)5-7-14(22)23/h4,6,11H,1-3,5,7-9H2,(H,22,23)/t11-/m0/s1. The zero-order valence-corrected chi connectivity index (χ0v) is 12.5. The molecule has 0 spiro atoms. The number of benzene rings is 1. The minimum absolute atomic E-state index is 0.0476. The molecule has 1 heterocycles. The highest BCUT2D eigenvalue weighted by Crippen LogP contribution is 2.23. The number of aliphatic carboxylic acids is 1. The van der Waals surface area contributed by atoms with Gasteiger partial charge in [0, 0.05) is 24.6 Å². The summed E-state index contributed by atoms with van der Waals surface area (Å²) in [6.45, 7) is 0.467. The van der Waals surface area contributed by atoms with Crippen molar-refractivity contribution in [1.29, 1.82) is 0 Å². The molecule has 1 N–H and O–H groups in total. The van der Waals surface area contributed by atoms with E-state index in [0.717, 1.165) is 25.0 Å². The maximum Gasteiger partial charge on any atom is 0.303 e. The molecule has 1 aromatic rings. The van der Waals surface area contributed by atoms with E-state index in [1.807, 2.05) is 0 Å². The largest absolute Gasteiger partial charge is 0.481 e. The number of rotatable bonds is 5. The second-order valence-corrected chi connectivity index (χ2v) is 5.68. The Bertz CT molecular complexity index is 606. The average molecular weight is 329 g/mol. The molecule has 0 bridgehead atoms. The summed E-state index contributed by atoms with van der Waals surface area (Å²) >= 11 is 0. The smallest absolute Gasteiger partial charge is 0.303 e. The second kappa shape index (κ2) is 7.48. The van der Waals surface area contributed by atoms with Gasteiger partial charge in [-0.25, -0.2) is 13.2 Å². The first-order valence-corrected chi connectivity index (χ1v) is 7.53. The lowest BCUT2D eigenvalue weighted by molar-refractivity contribution is -0.139. The van der Waals surface area contributed by atoms with Crippen LogP contribution in [0.25, 0.3) is 0 Å². The molecule has 1 aliphatic rings. The molecule has 0 aromatic heterocycles. The van der Waals surface area contributed by atoms with E-state index in [2.05, 4.69) is 0 Å². The molecule has 1 amide bonds. The Morgan fingerprint density at radius 2 is 1.91 bits per heavy atom. The predicted molar refractivity (Wildman–Crippen MR) is 76.2 cm³/mol. The Morgan fingerprint density at radius 1 is 1.17 bits per heavy atom. The van der Waals surface area contributed by atoms with Gasteiger partial charge in [0.05, 0.1) is 6.42 Å². The lowest BCUT2D eigenvalue weighted by atomic mass is 9.97. The van der Waals surface area contributed by atoms with Gasteiger partial charge in [-0.15, -0.1) is 0 Å². The van der Waals surface area contributed by atoms with Crippen LogP contribution in [0.3, 0.4) is 0 Å². The van der Waals surface area contributed by atoms with Gasteiger partial charge in [-0.2, -0.15) is 0 Å². The number of carbonyl (C=O) groups excluding carboxylic acids is 1. The van der Waals surface area contributed by atoms with E-state index in [4.69, 9.17) is 5.11 Å². The van der Waals surface area contributed by atoms with Crippen molar-refractivity contribution < 1.29 is 27.9 Å². The highest BCUT2D eigenvalue weighted by molar-refractivity contribution is 5.79. The van der Waals surface area contributed by atoms with Crippen LogP contribution in [0.2, 0.25) is 0 Å². The van der Waals surface area contributed by atoms with Gasteiger partial charge in [0.25, 0.3) is 0 Å². The third-order valence-corrected chi connectivity index (χ3v) is 4.10. The van der Waals surface area contributed by atoms with E-state index in [1.165, 1.54) is 4.90 Å². The van der Waals surface area contributed by atoms with Crippen molar-refractivity contribution in [3.63, 3.8) is 0 Å². The Hall–Kier alpha value is -2.05. The first-order chi connectivity index (χ1) is 10.9. The number of hydrogen-bond donors (Lipinski definition) is 1. The van der Waals surface area contributed by atoms with E-state index in [1.54, 1.807) is 0 Å². The van der Waals surface area contributed by atoms with E-state index < -0.39 is 29.3 Å². The molecular formula is C16H18F3NO3. The molecular weight excluding hydrogens is 311 g/mol. The number of likely N-dealkylation sites (tertiary alicyclic amines) is 1. The third-order valence-electron chi connectivity index (χ3n) is 4.10. The minimum Gasteiger partial charge on any atom is -0.481 e. The molecule has 1 aliphatic heterocycles. The van der Waals surface area contributed by atoms with E-state index in [9.17, 15) is 22.8 Å². The number of amides is 1. The molecule has 1 aromatic carbocycles. The lowest BCUT2D eigenvalue weighted by Crippen LogP contribution is -2.44. The van der Waals surface area contributed by atoms with Gasteiger partial charge in [0.2, 0.25) is 5.91 Å². The van der Waals surface area contributed by atoms with E-state index >= 15 is 0 Å². The highest BCUT2D eigenvalue weighted by atomic mass is 19.2. The number of carboxylic acid groups (broad SMARTS) is 1. The van der Waals surface area contributed by atoms with Crippen molar-refractivity contribution in [1.82, 2.24) is 4.90 Å². The fraction of sp³-hybridized carbons (Fsp3) is 0.500. The molecule has 2 rings (SSSR count). The molecule has 0 aliphatic carbocycles. The summed E-state index contributed by atoms with van der Waals surface area (Å²) in [6.07, 6.45) is 2.30. The predicted octanol–water partition coefficient (Wildman–Crippen LogP) is 2.89. The van der Waals surface area contributed by atoms with Crippen LogP contribution in [0.15, 0.2) is 12.1 Å². The van der Waals surface area contributed by atoms with Crippen LogP contribution in [0.4, 0.5) is 13.2 Å². The number of carbonyl (C=O) groups is 2. The van der Waals surface area contributed by atoms with Crippen molar-refractivity contribution in [3.05, 3.63) is 35.1 Å². The van der Waals surface area contributed by atoms with Crippen LogP contribution in [0.1, 0.15) is 37.7 Å². The highest BCUT2D eigenvalue weighted by Gasteiger charge is 2.28. The van der Waals surface area contributed by atoms with Crippen molar-refractivity contribution in [2.75, 3.05) is 6.54 Å². The van der Waals surface area contributed by atoms with Gasteiger partial charge in [-0.1, -0.05) is 6.07 Å². The van der Waals surface area contributed by atoms with E-state index in [-0.39, 0.29) is 24.4 Å². The number of hydrogen-bond acceptors (Lipinski definition) is 2. The Labute approximate surface area is 131 Å². The maximum absolute atomic E-state index is 13.7. The van der Waals surface area contributed by atoms with Crippen LogP contribution in [-0.2, 0) is 16.0 Å². The maximum atomic E-state index is 13.7. The first-order valence-electron chi connectivity index (χ1n) is 7.53. The molecule has 126 valence electrons.